The van der Waals surface area contributed by atoms with Gasteiger partial charge in [0.25, 0.3) is 0 Å². The van der Waals surface area contributed by atoms with Crippen molar-refractivity contribution in [2.24, 2.45) is 0 Å². The topological polar surface area (TPSA) is 55.8 Å². The number of likely N-dealkylation sites (N-methyl/N-ethyl adjacent to an activating group) is 1. The van der Waals surface area contributed by atoms with Crippen molar-refractivity contribution in [3.05, 3.63) is 18.4 Å². The highest BCUT2D eigenvalue weighted by molar-refractivity contribution is 6.07. The smallest absolute Gasteiger partial charge is 0.343 e. The molecule has 0 saturated carbocycles. The molecule has 0 spiro atoms. The molecule has 0 N–H and O–H groups in total. The van der Waals surface area contributed by atoms with Crippen LogP contribution in [-0.4, -0.2) is 49.2 Å². The highest BCUT2D eigenvalue weighted by Crippen LogP contribution is 2.20. The van der Waals surface area contributed by atoms with Crippen molar-refractivity contribution in [1.82, 2.24) is 4.90 Å². The van der Waals surface area contributed by atoms with Gasteiger partial charge in [-0.05, 0) is 20.9 Å². The van der Waals surface area contributed by atoms with Crippen LogP contribution in [0, 0.1) is 12.3 Å². The molecule has 0 aromatic rings. The molecule has 0 bridgehead atoms. The molecular formula is C14H19NO4. The zero-order valence-electron chi connectivity index (χ0n) is 11.6. The normalized spacial score (nSPS) is 10.3. The summed E-state index contributed by atoms with van der Waals surface area (Å²) in [5, 5.41) is 0. The minimum absolute atomic E-state index is 0.0653. The van der Waals surface area contributed by atoms with Crippen LogP contribution in [0.15, 0.2) is 18.4 Å². The van der Waals surface area contributed by atoms with Crippen LogP contribution in [0.4, 0.5) is 0 Å². The quantitative estimate of drug-likeness (QED) is 0.294. The molecule has 0 saturated heterocycles. The molecule has 0 atom stereocenters. The van der Waals surface area contributed by atoms with E-state index in [0.717, 1.165) is 0 Å². The third kappa shape index (κ3) is 3.72. The van der Waals surface area contributed by atoms with Gasteiger partial charge in [-0.15, -0.1) is 12.2 Å². The van der Waals surface area contributed by atoms with Crippen molar-refractivity contribution in [2.45, 2.75) is 19.4 Å². The Morgan fingerprint density at radius 2 is 1.79 bits per heavy atom. The molecule has 104 valence electrons. The van der Waals surface area contributed by atoms with E-state index in [1.807, 2.05) is 0 Å². The van der Waals surface area contributed by atoms with Gasteiger partial charge in [0.1, 0.15) is 0 Å². The second-order valence-electron chi connectivity index (χ2n) is 3.62. The maximum Gasteiger partial charge on any atom is 0.343 e. The minimum Gasteiger partial charge on any atom is -0.464 e. The fourth-order valence-electron chi connectivity index (χ4n) is 1.51. The molecule has 0 aliphatic heterocycles. The Morgan fingerprint density at radius 3 is 2.11 bits per heavy atom. The monoisotopic (exact) mass is 265 g/mol. The lowest BCUT2D eigenvalue weighted by Crippen LogP contribution is -2.59. The first-order chi connectivity index (χ1) is 9.00. The highest BCUT2D eigenvalue weighted by atomic mass is 16.6. The zero-order chi connectivity index (χ0) is 14.9. The van der Waals surface area contributed by atoms with Gasteiger partial charge < -0.3 is 9.47 Å². The van der Waals surface area contributed by atoms with E-state index in [2.05, 4.69) is 18.2 Å². The lowest BCUT2D eigenvalue weighted by atomic mass is 9.97. The standard InChI is InChI=1S/C14H19NO4/c1-6-10-14(12(16)18-8-3,13(17)19-9-4)15(5)11-7-2/h2,10H,1,8-9,11H2,3-5H3. The summed E-state index contributed by atoms with van der Waals surface area (Å²) in [6, 6.07) is 0. The summed E-state index contributed by atoms with van der Waals surface area (Å²) in [6.45, 7) is 7.02. The second-order valence-corrected chi connectivity index (χ2v) is 3.62. The summed E-state index contributed by atoms with van der Waals surface area (Å²) < 4.78 is 9.89. The number of terminal acetylenes is 1. The van der Waals surface area contributed by atoms with Crippen molar-refractivity contribution in [2.75, 3.05) is 26.8 Å². The average Bonchev–Trinajstić information content (AvgIpc) is 2.36. The van der Waals surface area contributed by atoms with Gasteiger partial charge in [0.15, 0.2) is 0 Å². The number of carbonyl (C=O) groups excluding carboxylic acids is 2. The van der Waals surface area contributed by atoms with Gasteiger partial charge in [-0.1, -0.05) is 12.5 Å². The van der Waals surface area contributed by atoms with Crippen LogP contribution in [0.25, 0.3) is 0 Å². The molecule has 5 heteroatoms. The van der Waals surface area contributed by atoms with E-state index >= 15 is 0 Å². The van der Waals surface area contributed by atoms with Crippen LogP contribution in [-0.2, 0) is 19.1 Å². The number of hydrogen-bond acceptors (Lipinski definition) is 5. The largest absolute Gasteiger partial charge is 0.464 e. The molecule has 19 heavy (non-hydrogen) atoms. The van der Waals surface area contributed by atoms with Crippen LogP contribution in [0.1, 0.15) is 13.8 Å². The summed E-state index contributed by atoms with van der Waals surface area (Å²) in [5.74, 6) is 0.844. The van der Waals surface area contributed by atoms with Crippen molar-refractivity contribution in [3.8, 4) is 12.3 Å². The van der Waals surface area contributed by atoms with Crippen LogP contribution < -0.4 is 0 Å². The Balaban J connectivity index is 5.73. The van der Waals surface area contributed by atoms with Gasteiger partial charge in [-0.2, -0.15) is 0 Å². The summed E-state index contributed by atoms with van der Waals surface area (Å²) in [4.78, 5) is 25.7. The molecule has 0 unspecified atom stereocenters. The minimum atomic E-state index is -1.75. The van der Waals surface area contributed by atoms with Gasteiger partial charge in [-0.25, -0.2) is 9.59 Å². The molecule has 0 aliphatic rings. The highest BCUT2D eigenvalue weighted by Gasteiger charge is 2.50. The van der Waals surface area contributed by atoms with E-state index in [1.54, 1.807) is 13.8 Å². The van der Waals surface area contributed by atoms with Crippen molar-refractivity contribution in [3.63, 3.8) is 0 Å². The SMILES string of the molecule is C#CCN(C)C(C=C=C)(C(=O)OCC)C(=O)OCC. The number of ether oxygens (including phenoxy) is 2. The Hall–Kier alpha value is -2.02. The van der Waals surface area contributed by atoms with E-state index in [-0.39, 0.29) is 19.8 Å². The number of nitrogens with zero attached hydrogens (tertiary/aromatic N) is 1. The fourth-order valence-corrected chi connectivity index (χ4v) is 1.51. The van der Waals surface area contributed by atoms with Gasteiger partial charge in [-0.3, -0.25) is 4.90 Å². The summed E-state index contributed by atoms with van der Waals surface area (Å²) >= 11 is 0. The fraction of sp³-hybridized carbons (Fsp3) is 0.500. The first-order valence-corrected chi connectivity index (χ1v) is 5.87. The van der Waals surface area contributed by atoms with E-state index < -0.39 is 17.5 Å². The van der Waals surface area contributed by atoms with Crippen LogP contribution in [0.3, 0.4) is 0 Å². The predicted molar refractivity (Wildman–Crippen MR) is 71.2 cm³/mol. The molecule has 0 aliphatic carbocycles. The third-order valence-corrected chi connectivity index (χ3v) is 2.41. The third-order valence-electron chi connectivity index (χ3n) is 2.41. The molecule has 0 rings (SSSR count). The lowest BCUT2D eigenvalue weighted by Gasteiger charge is -2.33. The van der Waals surface area contributed by atoms with Gasteiger partial charge >= 0.3 is 11.9 Å². The Morgan fingerprint density at radius 1 is 1.32 bits per heavy atom. The van der Waals surface area contributed by atoms with Crippen molar-refractivity contribution in [1.29, 1.82) is 0 Å². The first kappa shape index (κ1) is 17.0. The molecule has 0 heterocycles. The Kier molecular flexibility index (Phi) is 7.28. The molecule has 0 aromatic heterocycles. The lowest BCUT2D eigenvalue weighted by molar-refractivity contribution is -0.169. The van der Waals surface area contributed by atoms with E-state index in [1.165, 1.54) is 18.0 Å². The number of rotatable bonds is 7. The van der Waals surface area contributed by atoms with Crippen molar-refractivity contribution < 1.29 is 19.1 Å². The number of carbonyl (C=O) groups is 2. The summed E-state index contributed by atoms with van der Waals surface area (Å²) in [5.41, 5.74) is 0.690. The molecule has 0 amide bonds. The predicted octanol–water partition coefficient (Wildman–Crippen LogP) is 0.758. The number of esters is 2. The molecule has 0 radical (unpaired) electrons. The molecule has 0 aromatic carbocycles. The summed E-state index contributed by atoms with van der Waals surface area (Å²) in [7, 11) is 1.53. The Labute approximate surface area is 113 Å². The molecular weight excluding hydrogens is 246 g/mol. The van der Waals surface area contributed by atoms with Crippen molar-refractivity contribution >= 4 is 11.9 Å². The van der Waals surface area contributed by atoms with Crippen LogP contribution in [0.2, 0.25) is 0 Å². The molecule has 0 fully saturated rings. The first-order valence-electron chi connectivity index (χ1n) is 5.87. The van der Waals surface area contributed by atoms with E-state index in [4.69, 9.17) is 15.9 Å². The van der Waals surface area contributed by atoms with Crippen LogP contribution >= 0.6 is 0 Å². The second kappa shape index (κ2) is 8.15. The van der Waals surface area contributed by atoms with Crippen LogP contribution in [0.5, 0.6) is 0 Å². The Bertz CT molecular complexity index is 398. The number of hydrogen-bond donors (Lipinski definition) is 0. The van der Waals surface area contributed by atoms with Gasteiger partial charge in [0.2, 0.25) is 5.54 Å². The maximum atomic E-state index is 12.2. The van der Waals surface area contributed by atoms with Gasteiger partial charge in [0, 0.05) is 6.08 Å². The van der Waals surface area contributed by atoms with E-state index in [0.29, 0.717) is 0 Å². The molecule has 5 nitrogen and oxygen atoms in total. The zero-order valence-corrected chi connectivity index (χ0v) is 11.6. The van der Waals surface area contributed by atoms with Gasteiger partial charge in [0.05, 0.1) is 19.8 Å². The van der Waals surface area contributed by atoms with E-state index in [9.17, 15) is 9.59 Å². The summed E-state index contributed by atoms with van der Waals surface area (Å²) in [6.07, 6.45) is 6.43. The maximum absolute atomic E-state index is 12.2. The average molecular weight is 265 g/mol.